The summed E-state index contributed by atoms with van der Waals surface area (Å²) >= 11 is 0. The summed E-state index contributed by atoms with van der Waals surface area (Å²) in [5, 5.41) is 20.3. The third-order valence-electron chi connectivity index (χ3n) is 1.90. The summed E-state index contributed by atoms with van der Waals surface area (Å²) < 4.78 is 0. The molecule has 3 N–H and O–H groups in total. The van der Waals surface area contributed by atoms with Crippen molar-refractivity contribution in [1.29, 1.82) is 0 Å². The van der Waals surface area contributed by atoms with Crippen LogP contribution in [0.1, 0.15) is 20.3 Å². The molecule has 4 nitrogen and oxygen atoms in total. The second-order valence-electron chi connectivity index (χ2n) is 3.04. The van der Waals surface area contributed by atoms with E-state index >= 15 is 0 Å². The monoisotopic (exact) mass is 173 g/mol. The Kier molecular flexibility index (Phi) is 4.93. The third kappa shape index (κ3) is 3.73. The van der Waals surface area contributed by atoms with Gasteiger partial charge in [-0.15, -0.1) is 0 Å². The normalized spacial score (nSPS) is 15.3. The lowest BCUT2D eigenvalue weighted by Crippen LogP contribution is -2.48. The number of rotatable bonds is 5. The van der Waals surface area contributed by atoms with Crippen LogP contribution in [-0.4, -0.2) is 29.2 Å². The molecule has 70 valence electrons. The molecule has 0 rings (SSSR count). The molecule has 0 fully saturated rings. The maximum absolute atomic E-state index is 10.7. The van der Waals surface area contributed by atoms with Gasteiger partial charge in [0.05, 0.1) is 0 Å². The van der Waals surface area contributed by atoms with Crippen LogP contribution in [0.3, 0.4) is 0 Å². The van der Waals surface area contributed by atoms with Crippen LogP contribution in [0.5, 0.6) is 0 Å². The average molecular weight is 173 g/mol. The van der Waals surface area contributed by atoms with Gasteiger partial charge in [0.2, 0.25) is 0 Å². The molecule has 0 aliphatic rings. The number of carbonyl (C=O) groups is 1. The van der Waals surface area contributed by atoms with E-state index in [9.17, 15) is 4.79 Å². The van der Waals surface area contributed by atoms with Crippen LogP contribution in [0, 0.1) is 5.92 Å². The van der Waals surface area contributed by atoms with Gasteiger partial charge in [-0.3, -0.25) is 4.79 Å². The fraction of sp³-hybridized carbons (Fsp3) is 0.857. The van der Waals surface area contributed by atoms with Gasteiger partial charge in [-0.25, -0.2) is 0 Å². The molecular formula is C7H16BNO3. The molecule has 0 bridgehead atoms. The van der Waals surface area contributed by atoms with Crippen LogP contribution in [0.4, 0.5) is 0 Å². The standard InChI is InChI=1S/C7H16BNO3/c1-4-5(2)6(7(10)11)9-8(3)12/h5-6,9,12H,4H2,1-3H3,(H,10,11)/t5-,6-/m0/s1. The minimum Gasteiger partial charge on any atom is -0.480 e. The van der Waals surface area contributed by atoms with E-state index in [1.165, 1.54) is 6.82 Å². The van der Waals surface area contributed by atoms with Crippen molar-refractivity contribution in [3.63, 3.8) is 0 Å². The molecule has 0 aliphatic heterocycles. The van der Waals surface area contributed by atoms with E-state index in [4.69, 9.17) is 10.1 Å². The topological polar surface area (TPSA) is 69.6 Å². The highest BCUT2D eigenvalue weighted by atomic mass is 16.4. The van der Waals surface area contributed by atoms with Crippen molar-refractivity contribution in [3.8, 4) is 0 Å². The molecule has 0 aromatic carbocycles. The molecule has 0 saturated heterocycles. The van der Waals surface area contributed by atoms with Crippen LogP contribution >= 0.6 is 0 Å². The molecule has 0 spiro atoms. The minimum atomic E-state index is -0.912. The van der Waals surface area contributed by atoms with Gasteiger partial charge in [-0.05, 0) is 12.7 Å². The van der Waals surface area contributed by atoms with Gasteiger partial charge < -0.3 is 15.4 Å². The van der Waals surface area contributed by atoms with Crippen LogP contribution in [0.25, 0.3) is 0 Å². The van der Waals surface area contributed by atoms with Crippen LogP contribution in [-0.2, 0) is 4.79 Å². The van der Waals surface area contributed by atoms with Gasteiger partial charge in [0.1, 0.15) is 6.04 Å². The molecule has 0 saturated carbocycles. The molecule has 0 amide bonds. The molecule has 0 unspecified atom stereocenters. The summed E-state index contributed by atoms with van der Waals surface area (Å²) in [4.78, 5) is 10.7. The molecule has 5 heteroatoms. The summed E-state index contributed by atoms with van der Waals surface area (Å²) in [5.74, 6) is -0.887. The van der Waals surface area contributed by atoms with Crippen molar-refractivity contribution in [2.75, 3.05) is 0 Å². The van der Waals surface area contributed by atoms with Crippen molar-refractivity contribution in [2.45, 2.75) is 33.1 Å². The van der Waals surface area contributed by atoms with Crippen LogP contribution in [0.2, 0.25) is 6.82 Å². The van der Waals surface area contributed by atoms with Gasteiger partial charge in [-0.1, -0.05) is 20.3 Å². The molecule has 0 radical (unpaired) electrons. The first-order valence-electron chi connectivity index (χ1n) is 4.16. The zero-order valence-electron chi connectivity index (χ0n) is 7.74. The van der Waals surface area contributed by atoms with E-state index in [2.05, 4.69) is 5.23 Å². The Morgan fingerprint density at radius 3 is 2.42 bits per heavy atom. The minimum absolute atomic E-state index is 0.0251. The fourth-order valence-electron chi connectivity index (χ4n) is 0.975. The van der Waals surface area contributed by atoms with E-state index in [0.29, 0.717) is 0 Å². The van der Waals surface area contributed by atoms with Gasteiger partial charge >= 0.3 is 13.0 Å². The second-order valence-corrected chi connectivity index (χ2v) is 3.04. The molecule has 0 aromatic heterocycles. The maximum atomic E-state index is 10.7. The van der Waals surface area contributed by atoms with Gasteiger partial charge in [0, 0.05) is 0 Å². The van der Waals surface area contributed by atoms with Gasteiger partial charge in [-0.2, -0.15) is 0 Å². The number of carboxylic acid groups (broad SMARTS) is 1. The van der Waals surface area contributed by atoms with Gasteiger partial charge in [0.15, 0.2) is 0 Å². The largest absolute Gasteiger partial charge is 0.480 e. The van der Waals surface area contributed by atoms with Crippen molar-refractivity contribution in [1.82, 2.24) is 5.23 Å². The van der Waals surface area contributed by atoms with Crippen molar-refractivity contribution in [3.05, 3.63) is 0 Å². The molecule has 0 aromatic rings. The van der Waals surface area contributed by atoms with Crippen molar-refractivity contribution in [2.24, 2.45) is 5.92 Å². The lowest BCUT2D eigenvalue weighted by Gasteiger charge is -2.20. The van der Waals surface area contributed by atoms with E-state index in [1.54, 1.807) is 0 Å². The fourth-order valence-corrected chi connectivity index (χ4v) is 0.975. The summed E-state index contributed by atoms with van der Waals surface area (Å²) in [6.45, 7) is 5.27. The van der Waals surface area contributed by atoms with E-state index < -0.39 is 19.1 Å². The Balaban J connectivity index is 4.13. The number of hydrogen-bond acceptors (Lipinski definition) is 3. The van der Waals surface area contributed by atoms with E-state index in [0.717, 1.165) is 6.42 Å². The van der Waals surface area contributed by atoms with E-state index in [-0.39, 0.29) is 5.92 Å². The third-order valence-corrected chi connectivity index (χ3v) is 1.90. The number of aliphatic carboxylic acids is 1. The number of nitrogens with one attached hydrogen (secondary N) is 1. The summed E-state index contributed by atoms with van der Waals surface area (Å²) in [6.07, 6.45) is 0.774. The Labute approximate surface area is 73.1 Å². The lowest BCUT2D eigenvalue weighted by atomic mass is 9.84. The smallest absolute Gasteiger partial charge is 0.374 e. The Bertz CT molecular complexity index is 152. The number of hydrogen-bond donors (Lipinski definition) is 3. The quantitative estimate of drug-likeness (QED) is 0.519. The van der Waals surface area contributed by atoms with Crippen molar-refractivity contribution < 1.29 is 14.9 Å². The Morgan fingerprint density at radius 1 is 1.67 bits per heavy atom. The summed E-state index contributed by atoms with van der Waals surface area (Å²) in [7, 11) is -0.778. The molecule has 2 atom stereocenters. The van der Waals surface area contributed by atoms with Crippen LogP contribution in [0.15, 0.2) is 0 Å². The predicted octanol–water partition coefficient (Wildman–Crippen LogP) is 0.186. The maximum Gasteiger partial charge on any atom is 0.374 e. The summed E-state index contributed by atoms with van der Waals surface area (Å²) in [6, 6.07) is -0.657. The molecule has 0 heterocycles. The molecule has 12 heavy (non-hydrogen) atoms. The highest BCUT2D eigenvalue weighted by Crippen LogP contribution is 2.07. The SMILES string of the molecule is CC[C@H](C)[C@H](NB(C)O)C(=O)O. The first kappa shape index (κ1) is 11.5. The zero-order chi connectivity index (χ0) is 9.72. The zero-order valence-corrected chi connectivity index (χ0v) is 7.74. The molecular weight excluding hydrogens is 157 g/mol. The predicted molar refractivity (Wildman–Crippen MR) is 47.9 cm³/mol. The first-order chi connectivity index (χ1) is 5.49. The van der Waals surface area contributed by atoms with E-state index in [1.807, 2.05) is 13.8 Å². The Morgan fingerprint density at radius 2 is 2.17 bits per heavy atom. The average Bonchev–Trinajstić information content (AvgIpc) is 1.98. The van der Waals surface area contributed by atoms with Crippen LogP contribution < -0.4 is 5.23 Å². The highest BCUT2D eigenvalue weighted by molar-refractivity contribution is 6.46. The summed E-state index contributed by atoms with van der Waals surface area (Å²) in [5.41, 5.74) is 0. The molecule has 0 aliphatic carbocycles. The highest BCUT2D eigenvalue weighted by Gasteiger charge is 2.25. The lowest BCUT2D eigenvalue weighted by molar-refractivity contribution is -0.140. The number of carboxylic acids is 1. The Hall–Kier alpha value is -0.545. The first-order valence-corrected chi connectivity index (χ1v) is 4.16. The van der Waals surface area contributed by atoms with Gasteiger partial charge in [0.25, 0.3) is 0 Å². The van der Waals surface area contributed by atoms with Crippen molar-refractivity contribution >= 4 is 13.0 Å². The second kappa shape index (κ2) is 5.16.